The third-order valence-electron chi connectivity index (χ3n) is 3.51. The van der Waals surface area contributed by atoms with Gasteiger partial charge in [-0.15, -0.1) is 0 Å². The number of rotatable bonds is 4. The Morgan fingerprint density at radius 2 is 2.05 bits per heavy atom. The number of hydrogen-bond acceptors (Lipinski definition) is 5. The van der Waals surface area contributed by atoms with Gasteiger partial charge in [0.05, 0.1) is 23.9 Å². The standard InChI is InChI=1S/C15H17N5O/c1-10-3-4-12(7-11(10)2)20-15-13(8-19-20)14(16-5-6-21)17-9-18-15/h3-4,7-9,21H,5-6H2,1-2H3,(H,16,17,18). The van der Waals surface area contributed by atoms with Crippen molar-refractivity contribution in [3.63, 3.8) is 0 Å². The molecule has 0 bridgehead atoms. The molecular formula is C15H17N5O. The van der Waals surface area contributed by atoms with Crippen LogP contribution >= 0.6 is 0 Å². The Balaban J connectivity index is 2.09. The summed E-state index contributed by atoms with van der Waals surface area (Å²) >= 11 is 0. The number of fused-ring (bicyclic) bond motifs is 1. The molecule has 108 valence electrons. The minimum atomic E-state index is 0.0524. The van der Waals surface area contributed by atoms with E-state index in [4.69, 9.17) is 5.11 Å². The number of nitrogens with zero attached hydrogens (tertiary/aromatic N) is 4. The second kappa shape index (κ2) is 5.49. The molecule has 2 aromatic heterocycles. The number of aryl methyl sites for hydroxylation is 2. The second-order valence-corrected chi connectivity index (χ2v) is 4.93. The van der Waals surface area contributed by atoms with Crippen LogP contribution in [0.25, 0.3) is 16.7 Å². The molecule has 3 aromatic rings. The van der Waals surface area contributed by atoms with E-state index in [1.807, 2.05) is 6.07 Å². The summed E-state index contributed by atoms with van der Waals surface area (Å²) in [4.78, 5) is 8.52. The number of aliphatic hydroxyl groups is 1. The van der Waals surface area contributed by atoms with Gasteiger partial charge in [-0.05, 0) is 37.1 Å². The van der Waals surface area contributed by atoms with Gasteiger partial charge >= 0.3 is 0 Å². The first-order chi connectivity index (χ1) is 10.2. The quantitative estimate of drug-likeness (QED) is 0.764. The first-order valence-electron chi connectivity index (χ1n) is 6.82. The molecule has 1 aromatic carbocycles. The fraction of sp³-hybridized carbons (Fsp3) is 0.267. The summed E-state index contributed by atoms with van der Waals surface area (Å²) in [6.07, 6.45) is 3.24. The van der Waals surface area contributed by atoms with Crippen LogP contribution in [0.2, 0.25) is 0 Å². The van der Waals surface area contributed by atoms with Crippen LogP contribution in [0, 0.1) is 13.8 Å². The fourth-order valence-corrected chi connectivity index (χ4v) is 2.21. The van der Waals surface area contributed by atoms with Crippen LogP contribution < -0.4 is 5.32 Å². The van der Waals surface area contributed by atoms with E-state index in [0.29, 0.717) is 12.4 Å². The minimum absolute atomic E-state index is 0.0524. The zero-order valence-electron chi connectivity index (χ0n) is 12.0. The zero-order chi connectivity index (χ0) is 14.8. The lowest BCUT2D eigenvalue weighted by molar-refractivity contribution is 0.311. The molecule has 0 fully saturated rings. The Labute approximate surface area is 122 Å². The maximum absolute atomic E-state index is 8.91. The largest absolute Gasteiger partial charge is 0.395 e. The summed E-state index contributed by atoms with van der Waals surface area (Å²) in [5.41, 5.74) is 4.17. The molecule has 0 aliphatic rings. The smallest absolute Gasteiger partial charge is 0.168 e. The molecule has 0 spiro atoms. The van der Waals surface area contributed by atoms with Crippen molar-refractivity contribution in [1.82, 2.24) is 19.7 Å². The summed E-state index contributed by atoms with van der Waals surface area (Å²) in [5, 5.41) is 17.2. The van der Waals surface area contributed by atoms with Gasteiger partial charge in [-0.25, -0.2) is 14.6 Å². The number of anilines is 1. The number of hydrogen-bond donors (Lipinski definition) is 2. The Morgan fingerprint density at radius 3 is 2.81 bits per heavy atom. The highest BCUT2D eigenvalue weighted by Crippen LogP contribution is 2.22. The highest BCUT2D eigenvalue weighted by atomic mass is 16.3. The molecule has 21 heavy (non-hydrogen) atoms. The van der Waals surface area contributed by atoms with Gasteiger partial charge in [0.25, 0.3) is 0 Å². The van der Waals surface area contributed by atoms with Crippen LogP contribution in [-0.2, 0) is 0 Å². The van der Waals surface area contributed by atoms with Crippen molar-refractivity contribution in [2.24, 2.45) is 0 Å². The summed E-state index contributed by atoms with van der Waals surface area (Å²) in [6, 6.07) is 6.19. The Morgan fingerprint density at radius 1 is 1.19 bits per heavy atom. The number of aromatic nitrogens is 4. The van der Waals surface area contributed by atoms with Crippen molar-refractivity contribution in [3.8, 4) is 5.69 Å². The van der Waals surface area contributed by atoms with Crippen molar-refractivity contribution in [1.29, 1.82) is 0 Å². The second-order valence-electron chi connectivity index (χ2n) is 4.93. The third kappa shape index (κ3) is 2.45. The molecule has 2 heterocycles. The highest BCUT2D eigenvalue weighted by molar-refractivity contribution is 5.87. The molecule has 0 radical (unpaired) electrons. The van der Waals surface area contributed by atoms with Gasteiger partial charge in [0, 0.05) is 6.54 Å². The fourth-order valence-electron chi connectivity index (χ4n) is 2.21. The normalized spacial score (nSPS) is 11.0. The van der Waals surface area contributed by atoms with E-state index in [0.717, 1.165) is 16.7 Å². The van der Waals surface area contributed by atoms with E-state index in [9.17, 15) is 0 Å². The van der Waals surface area contributed by atoms with Gasteiger partial charge in [0.2, 0.25) is 0 Å². The van der Waals surface area contributed by atoms with Crippen molar-refractivity contribution in [3.05, 3.63) is 41.9 Å². The maximum Gasteiger partial charge on any atom is 0.168 e. The van der Waals surface area contributed by atoms with Gasteiger partial charge < -0.3 is 10.4 Å². The van der Waals surface area contributed by atoms with Crippen LogP contribution in [-0.4, -0.2) is 38.0 Å². The highest BCUT2D eigenvalue weighted by Gasteiger charge is 2.11. The van der Waals surface area contributed by atoms with E-state index >= 15 is 0 Å². The number of benzene rings is 1. The van der Waals surface area contributed by atoms with E-state index in [2.05, 4.69) is 46.4 Å². The van der Waals surface area contributed by atoms with Crippen LogP contribution in [0.1, 0.15) is 11.1 Å². The Bertz CT molecular complexity index is 781. The summed E-state index contributed by atoms with van der Waals surface area (Å²) < 4.78 is 1.80. The Kier molecular flexibility index (Phi) is 3.53. The molecule has 0 aliphatic heterocycles. The van der Waals surface area contributed by atoms with Crippen LogP contribution in [0.4, 0.5) is 5.82 Å². The lowest BCUT2D eigenvalue weighted by Gasteiger charge is -2.07. The monoisotopic (exact) mass is 283 g/mol. The molecule has 2 N–H and O–H groups in total. The average Bonchev–Trinajstić information content (AvgIpc) is 2.92. The van der Waals surface area contributed by atoms with E-state index in [1.54, 1.807) is 10.9 Å². The molecule has 6 nitrogen and oxygen atoms in total. The SMILES string of the molecule is Cc1ccc(-n2ncc3c(NCCO)ncnc32)cc1C. The van der Waals surface area contributed by atoms with Gasteiger partial charge in [0.1, 0.15) is 12.1 Å². The Hall–Kier alpha value is -2.47. The van der Waals surface area contributed by atoms with E-state index < -0.39 is 0 Å². The van der Waals surface area contributed by atoms with Crippen LogP contribution in [0.15, 0.2) is 30.7 Å². The van der Waals surface area contributed by atoms with Gasteiger partial charge in [0.15, 0.2) is 5.65 Å². The van der Waals surface area contributed by atoms with Gasteiger partial charge in [-0.1, -0.05) is 6.07 Å². The molecule has 0 saturated carbocycles. The van der Waals surface area contributed by atoms with Crippen LogP contribution in [0.5, 0.6) is 0 Å². The average molecular weight is 283 g/mol. The molecule has 0 unspecified atom stereocenters. The van der Waals surface area contributed by atoms with Gasteiger partial charge in [-0.2, -0.15) is 5.10 Å². The molecule has 0 atom stereocenters. The van der Waals surface area contributed by atoms with Crippen molar-refractivity contribution >= 4 is 16.9 Å². The van der Waals surface area contributed by atoms with Crippen molar-refractivity contribution in [2.45, 2.75) is 13.8 Å². The maximum atomic E-state index is 8.91. The molecule has 0 amide bonds. The predicted molar refractivity (Wildman–Crippen MR) is 81.7 cm³/mol. The summed E-state index contributed by atoms with van der Waals surface area (Å²) in [6.45, 7) is 4.66. The van der Waals surface area contributed by atoms with Gasteiger partial charge in [-0.3, -0.25) is 0 Å². The van der Waals surface area contributed by atoms with E-state index in [1.165, 1.54) is 17.5 Å². The summed E-state index contributed by atoms with van der Waals surface area (Å²) in [7, 11) is 0. The topological polar surface area (TPSA) is 75.9 Å². The predicted octanol–water partition coefficient (Wildman–Crippen LogP) is 1.84. The lowest BCUT2D eigenvalue weighted by atomic mass is 10.1. The first-order valence-corrected chi connectivity index (χ1v) is 6.82. The molecule has 0 saturated heterocycles. The summed E-state index contributed by atoms with van der Waals surface area (Å²) in [5.74, 6) is 0.684. The molecule has 0 aliphatic carbocycles. The zero-order valence-corrected chi connectivity index (χ0v) is 12.0. The third-order valence-corrected chi connectivity index (χ3v) is 3.51. The minimum Gasteiger partial charge on any atom is -0.395 e. The lowest BCUT2D eigenvalue weighted by Crippen LogP contribution is -2.07. The molecular weight excluding hydrogens is 266 g/mol. The van der Waals surface area contributed by atoms with E-state index in [-0.39, 0.29) is 6.61 Å². The van der Waals surface area contributed by atoms with Crippen LogP contribution in [0.3, 0.4) is 0 Å². The first kappa shape index (κ1) is 13.5. The number of nitrogens with one attached hydrogen (secondary N) is 1. The molecule has 6 heteroatoms. The number of aliphatic hydroxyl groups excluding tert-OH is 1. The molecule has 3 rings (SSSR count). The van der Waals surface area contributed by atoms with Crippen molar-refractivity contribution < 1.29 is 5.11 Å². The van der Waals surface area contributed by atoms with Crippen molar-refractivity contribution in [2.75, 3.05) is 18.5 Å².